The van der Waals surface area contributed by atoms with Crippen molar-refractivity contribution in [2.45, 2.75) is 12.8 Å². The third kappa shape index (κ3) is 3.72. The van der Waals surface area contributed by atoms with Gasteiger partial charge in [-0.3, -0.25) is 0 Å². The van der Waals surface area contributed by atoms with Crippen molar-refractivity contribution >= 4 is 15.9 Å². The van der Waals surface area contributed by atoms with E-state index in [9.17, 15) is 8.78 Å². The number of rotatable bonds is 5. The van der Waals surface area contributed by atoms with Crippen LogP contribution in [0.4, 0.5) is 8.78 Å². The van der Waals surface area contributed by atoms with Gasteiger partial charge >= 0.3 is 0 Å². The van der Waals surface area contributed by atoms with Crippen molar-refractivity contribution in [3.8, 4) is 5.75 Å². The highest BCUT2D eigenvalue weighted by Gasteiger charge is 2.28. The Morgan fingerprint density at radius 2 is 2.00 bits per heavy atom. The van der Waals surface area contributed by atoms with Crippen LogP contribution in [0.1, 0.15) is 12.5 Å². The second-order valence-corrected chi connectivity index (χ2v) is 4.29. The predicted octanol–water partition coefficient (Wildman–Crippen LogP) is 3.59. The summed E-state index contributed by atoms with van der Waals surface area (Å²) in [4.78, 5) is 0. The summed E-state index contributed by atoms with van der Waals surface area (Å²) >= 11 is 3.16. The average molecular weight is 295 g/mol. The Kier molecular flexibility index (Phi) is 4.68. The van der Waals surface area contributed by atoms with Crippen LogP contribution in [0.15, 0.2) is 22.7 Å². The largest absolute Gasteiger partial charge is 0.491 e. The quantitative estimate of drug-likeness (QED) is 0.773. The van der Waals surface area contributed by atoms with E-state index in [4.69, 9.17) is 9.47 Å². The van der Waals surface area contributed by atoms with Crippen molar-refractivity contribution in [1.82, 2.24) is 0 Å². The minimum atomic E-state index is -2.92. The van der Waals surface area contributed by atoms with E-state index in [1.165, 1.54) is 19.2 Å². The summed E-state index contributed by atoms with van der Waals surface area (Å²) in [6.07, 6.45) is 0. The molecular formula is C11H13BrF2O2. The SMILES string of the molecule is COCCOc1ccc(Br)cc1C(C)(F)F. The Balaban J connectivity index is 2.90. The summed E-state index contributed by atoms with van der Waals surface area (Å²) in [5.41, 5.74) is -0.127. The highest BCUT2D eigenvalue weighted by Crippen LogP contribution is 2.36. The van der Waals surface area contributed by atoms with Crippen LogP contribution < -0.4 is 4.74 Å². The van der Waals surface area contributed by atoms with Crippen molar-refractivity contribution in [3.63, 3.8) is 0 Å². The zero-order chi connectivity index (χ0) is 12.2. The molecule has 0 heterocycles. The van der Waals surface area contributed by atoms with Gasteiger partial charge in [0.15, 0.2) is 0 Å². The van der Waals surface area contributed by atoms with Crippen LogP contribution in [-0.4, -0.2) is 20.3 Å². The lowest BCUT2D eigenvalue weighted by molar-refractivity contribution is 0.0137. The molecule has 90 valence electrons. The molecule has 1 rings (SSSR count). The van der Waals surface area contributed by atoms with E-state index in [1.54, 1.807) is 6.07 Å². The maximum atomic E-state index is 13.3. The molecule has 2 nitrogen and oxygen atoms in total. The molecule has 0 aliphatic rings. The molecule has 0 fully saturated rings. The lowest BCUT2D eigenvalue weighted by Crippen LogP contribution is -2.12. The van der Waals surface area contributed by atoms with Gasteiger partial charge in [-0.1, -0.05) is 15.9 Å². The molecule has 1 aromatic carbocycles. The first-order chi connectivity index (χ1) is 7.45. The van der Waals surface area contributed by atoms with E-state index < -0.39 is 5.92 Å². The number of hydrogen-bond donors (Lipinski definition) is 0. The third-order valence-electron chi connectivity index (χ3n) is 1.96. The normalized spacial score (nSPS) is 11.6. The van der Waals surface area contributed by atoms with Gasteiger partial charge in [0, 0.05) is 18.5 Å². The predicted molar refractivity (Wildman–Crippen MR) is 61.1 cm³/mol. The van der Waals surface area contributed by atoms with Crippen LogP contribution >= 0.6 is 15.9 Å². The van der Waals surface area contributed by atoms with Gasteiger partial charge in [0.25, 0.3) is 5.92 Å². The Labute approximate surface area is 102 Å². The van der Waals surface area contributed by atoms with Gasteiger partial charge in [0.2, 0.25) is 0 Å². The zero-order valence-corrected chi connectivity index (χ0v) is 10.7. The lowest BCUT2D eigenvalue weighted by Gasteiger charge is -2.16. The number of hydrogen-bond acceptors (Lipinski definition) is 2. The summed E-state index contributed by atoms with van der Waals surface area (Å²) < 4.78 is 37.2. The van der Waals surface area contributed by atoms with Crippen LogP contribution in [-0.2, 0) is 10.7 Å². The van der Waals surface area contributed by atoms with Crippen LogP contribution in [0, 0.1) is 0 Å². The highest BCUT2D eigenvalue weighted by molar-refractivity contribution is 9.10. The molecule has 16 heavy (non-hydrogen) atoms. The molecule has 0 aliphatic carbocycles. The van der Waals surface area contributed by atoms with E-state index in [-0.39, 0.29) is 17.9 Å². The first-order valence-electron chi connectivity index (χ1n) is 4.74. The summed E-state index contributed by atoms with van der Waals surface area (Å²) in [5, 5.41) is 0. The van der Waals surface area contributed by atoms with E-state index >= 15 is 0 Å². The van der Waals surface area contributed by atoms with Crippen molar-refractivity contribution in [3.05, 3.63) is 28.2 Å². The highest BCUT2D eigenvalue weighted by atomic mass is 79.9. The number of benzene rings is 1. The first-order valence-corrected chi connectivity index (χ1v) is 5.54. The van der Waals surface area contributed by atoms with Gasteiger partial charge in [0.05, 0.1) is 12.2 Å². The van der Waals surface area contributed by atoms with Gasteiger partial charge in [-0.25, -0.2) is 8.78 Å². The van der Waals surface area contributed by atoms with Gasteiger partial charge < -0.3 is 9.47 Å². The van der Waals surface area contributed by atoms with E-state index in [1.807, 2.05) is 0 Å². The molecule has 0 saturated carbocycles. The second-order valence-electron chi connectivity index (χ2n) is 3.37. The monoisotopic (exact) mass is 294 g/mol. The maximum absolute atomic E-state index is 13.3. The molecule has 0 aromatic heterocycles. The Hall–Kier alpha value is -0.680. The topological polar surface area (TPSA) is 18.5 Å². The Morgan fingerprint density at radius 1 is 1.31 bits per heavy atom. The smallest absolute Gasteiger partial charge is 0.274 e. The van der Waals surface area contributed by atoms with Crippen LogP contribution in [0.3, 0.4) is 0 Å². The van der Waals surface area contributed by atoms with Crippen molar-refractivity contribution < 1.29 is 18.3 Å². The van der Waals surface area contributed by atoms with Gasteiger partial charge in [-0.15, -0.1) is 0 Å². The van der Waals surface area contributed by atoms with Crippen molar-refractivity contribution in [2.75, 3.05) is 20.3 Å². The van der Waals surface area contributed by atoms with Gasteiger partial charge in [0.1, 0.15) is 12.4 Å². The molecule has 0 bridgehead atoms. The fraction of sp³-hybridized carbons (Fsp3) is 0.455. The van der Waals surface area contributed by atoms with Crippen molar-refractivity contribution in [1.29, 1.82) is 0 Å². The first kappa shape index (κ1) is 13.4. The standard InChI is InChI=1S/C11H13BrF2O2/c1-11(13,14)9-7-8(12)3-4-10(9)16-6-5-15-2/h3-4,7H,5-6H2,1-2H3. The number of halogens is 3. The van der Waals surface area contributed by atoms with Gasteiger partial charge in [-0.05, 0) is 18.2 Å². The number of ether oxygens (including phenoxy) is 2. The molecule has 0 unspecified atom stereocenters. The van der Waals surface area contributed by atoms with Crippen LogP contribution in [0.5, 0.6) is 5.75 Å². The maximum Gasteiger partial charge on any atom is 0.274 e. The average Bonchev–Trinajstić information content (AvgIpc) is 2.19. The van der Waals surface area contributed by atoms with Crippen LogP contribution in [0.25, 0.3) is 0 Å². The second kappa shape index (κ2) is 5.59. The summed E-state index contributed by atoms with van der Waals surface area (Å²) in [7, 11) is 1.53. The lowest BCUT2D eigenvalue weighted by atomic mass is 10.1. The molecule has 0 N–H and O–H groups in total. The molecule has 1 aromatic rings. The number of methoxy groups -OCH3 is 1. The zero-order valence-electron chi connectivity index (χ0n) is 9.10. The molecule has 0 amide bonds. The molecule has 0 saturated heterocycles. The summed E-state index contributed by atoms with van der Waals surface area (Å²) in [5.74, 6) is -2.74. The van der Waals surface area contributed by atoms with E-state index in [0.717, 1.165) is 6.92 Å². The Bertz CT molecular complexity index is 350. The minimum absolute atomic E-state index is 0.127. The number of alkyl halides is 2. The fourth-order valence-electron chi connectivity index (χ4n) is 1.21. The molecule has 0 radical (unpaired) electrons. The summed E-state index contributed by atoms with van der Waals surface area (Å²) in [6.45, 7) is 1.46. The fourth-order valence-corrected chi connectivity index (χ4v) is 1.57. The molecule has 5 heteroatoms. The van der Waals surface area contributed by atoms with E-state index in [0.29, 0.717) is 11.1 Å². The van der Waals surface area contributed by atoms with Gasteiger partial charge in [-0.2, -0.15) is 0 Å². The minimum Gasteiger partial charge on any atom is -0.491 e. The van der Waals surface area contributed by atoms with E-state index in [2.05, 4.69) is 15.9 Å². The molecule has 0 atom stereocenters. The molecule has 0 aliphatic heterocycles. The molecular weight excluding hydrogens is 282 g/mol. The Morgan fingerprint density at radius 3 is 2.56 bits per heavy atom. The van der Waals surface area contributed by atoms with Crippen molar-refractivity contribution in [2.24, 2.45) is 0 Å². The van der Waals surface area contributed by atoms with Crippen LogP contribution in [0.2, 0.25) is 0 Å². The third-order valence-corrected chi connectivity index (χ3v) is 2.45. The summed E-state index contributed by atoms with van der Waals surface area (Å²) in [6, 6.07) is 4.55. The molecule has 0 spiro atoms.